The number of hydrogen-bond donors (Lipinski definition) is 1. The maximum absolute atomic E-state index is 8.21. The molecule has 2 nitrogen and oxygen atoms in total. The second-order valence-electron chi connectivity index (χ2n) is 2.55. The molecular weight excluding hydrogens is 124 g/mol. The van der Waals surface area contributed by atoms with Gasteiger partial charge in [-0.3, -0.25) is 0 Å². The Kier molecular flexibility index (Phi) is 2.98. The van der Waals surface area contributed by atoms with Crippen molar-refractivity contribution < 1.29 is 0 Å². The lowest BCUT2D eigenvalue weighted by atomic mass is 10.1. The number of hydrogen-bond acceptors (Lipinski definition) is 2. The normalized spacial score (nSPS) is 22.9. The lowest BCUT2D eigenvalue weighted by molar-refractivity contribution is 0.572. The minimum absolute atomic E-state index is 0.477. The van der Waals surface area contributed by atoms with E-state index < -0.39 is 0 Å². The summed E-state index contributed by atoms with van der Waals surface area (Å²) < 4.78 is 0. The highest BCUT2D eigenvalue weighted by atomic mass is 14.8. The predicted octanol–water partition coefficient (Wildman–Crippen LogP) is 1.07. The molecule has 1 atom stereocenters. The molecule has 0 fully saturated rings. The van der Waals surface area contributed by atoms with E-state index in [-0.39, 0.29) is 0 Å². The van der Waals surface area contributed by atoms with E-state index in [2.05, 4.69) is 23.5 Å². The third kappa shape index (κ3) is 2.20. The molecule has 0 radical (unpaired) electrons. The van der Waals surface area contributed by atoms with Gasteiger partial charge in [0.1, 0.15) is 0 Å². The van der Waals surface area contributed by atoms with Gasteiger partial charge in [-0.1, -0.05) is 12.2 Å². The molecule has 1 aliphatic carbocycles. The lowest BCUT2D eigenvalue weighted by Gasteiger charge is -2.05. The molecule has 1 unspecified atom stereocenters. The molecule has 54 valence electrons. The summed E-state index contributed by atoms with van der Waals surface area (Å²) in [4.78, 5) is 0. The average Bonchev–Trinajstić information content (AvgIpc) is 2.41. The van der Waals surface area contributed by atoms with Gasteiger partial charge < -0.3 is 5.32 Å². The summed E-state index contributed by atoms with van der Waals surface area (Å²) in [6.45, 7) is 1.44. The van der Waals surface area contributed by atoms with Gasteiger partial charge in [-0.25, -0.2) is 0 Å². The van der Waals surface area contributed by atoms with Crippen LogP contribution in [0.1, 0.15) is 12.8 Å². The molecule has 10 heavy (non-hydrogen) atoms. The van der Waals surface area contributed by atoms with Gasteiger partial charge in [-0.15, -0.1) is 0 Å². The highest BCUT2D eigenvalue weighted by Gasteiger charge is 2.06. The summed E-state index contributed by atoms with van der Waals surface area (Å²) >= 11 is 0. The van der Waals surface area contributed by atoms with Crippen molar-refractivity contribution in [3.63, 3.8) is 0 Å². The van der Waals surface area contributed by atoms with E-state index in [1.165, 1.54) is 12.8 Å². The van der Waals surface area contributed by atoms with Crippen LogP contribution < -0.4 is 5.32 Å². The number of allylic oxidation sites excluding steroid dienone is 1. The monoisotopic (exact) mass is 136 g/mol. The average molecular weight is 136 g/mol. The van der Waals surface area contributed by atoms with E-state index in [0.29, 0.717) is 12.5 Å². The van der Waals surface area contributed by atoms with E-state index in [9.17, 15) is 0 Å². The molecule has 1 rings (SSSR count). The van der Waals surface area contributed by atoms with Crippen LogP contribution in [0.3, 0.4) is 0 Å². The molecule has 0 saturated carbocycles. The third-order valence-corrected chi connectivity index (χ3v) is 1.72. The van der Waals surface area contributed by atoms with Crippen molar-refractivity contribution in [3.05, 3.63) is 12.2 Å². The summed E-state index contributed by atoms with van der Waals surface area (Å²) in [6.07, 6.45) is 6.89. The Morgan fingerprint density at radius 3 is 3.20 bits per heavy atom. The van der Waals surface area contributed by atoms with Crippen molar-refractivity contribution in [1.82, 2.24) is 5.32 Å². The summed E-state index contributed by atoms with van der Waals surface area (Å²) in [5, 5.41) is 11.3. The van der Waals surface area contributed by atoms with Gasteiger partial charge >= 0.3 is 0 Å². The number of nitriles is 1. The van der Waals surface area contributed by atoms with Crippen LogP contribution in [0.2, 0.25) is 0 Å². The van der Waals surface area contributed by atoms with E-state index in [1.54, 1.807) is 0 Å². The van der Waals surface area contributed by atoms with Crippen LogP contribution in [-0.2, 0) is 0 Å². The van der Waals surface area contributed by atoms with E-state index in [1.807, 2.05) is 0 Å². The fraction of sp³-hybridized carbons (Fsp3) is 0.625. The zero-order valence-corrected chi connectivity index (χ0v) is 6.01. The summed E-state index contributed by atoms with van der Waals surface area (Å²) in [6, 6.07) is 2.06. The Labute approximate surface area is 61.5 Å². The first kappa shape index (κ1) is 7.30. The molecule has 0 aliphatic heterocycles. The minimum atomic E-state index is 0.477. The molecule has 0 bridgehead atoms. The molecule has 0 amide bonds. The zero-order chi connectivity index (χ0) is 7.23. The van der Waals surface area contributed by atoms with Crippen LogP contribution in [0, 0.1) is 17.2 Å². The molecule has 0 spiro atoms. The van der Waals surface area contributed by atoms with Gasteiger partial charge in [-0.2, -0.15) is 5.26 Å². The number of nitrogens with zero attached hydrogens (tertiary/aromatic N) is 1. The Hall–Kier alpha value is -0.810. The maximum atomic E-state index is 8.21. The first-order valence-corrected chi connectivity index (χ1v) is 3.68. The molecule has 0 heterocycles. The predicted molar refractivity (Wildman–Crippen MR) is 40.3 cm³/mol. The maximum Gasteiger partial charge on any atom is 0.0841 e. The lowest BCUT2D eigenvalue weighted by Crippen LogP contribution is -2.20. The Morgan fingerprint density at radius 2 is 2.60 bits per heavy atom. The summed E-state index contributed by atoms with van der Waals surface area (Å²) in [7, 11) is 0. The Balaban J connectivity index is 2.03. The Bertz CT molecular complexity index is 155. The number of rotatable bonds is 3. The molecule has 0 aromatic rings. The molecule has 1 N–H and O–H groups in total. The van der Waals surface area contributed by atoms with E-state index in [4.69, 9.17) is 5.26 Å². The van der Waals surface area contributed by atoms with Crippen molar-refractivity contribution in [1.29, 1.82) is 5.26 Å². The van der Waals surface area contributed by atoms with E-state index in [0.717, 1.165) is 6.54 Å². The SMILES string of the molecule is N#CCNCC1C=CCC1. The second kappa shape index (κ2) is 4.08. The van der Waals surface area contributed by atoms with Crippen LogP contribution in [-0.4, -0.2) is 13.1 Å². The van der Waals surface area contributed by atoms with Crippen LogP contribution in [0.15, 0.2) is 12.2 Å². The molecule has 0 saturated heterocycles. The van der Waals surface area contributed by atoms with Gasteiger partial charge in [0.05, 0.1) is 12.6 Å². The molecule has 0 aromatic heterocycles. The first-order chi connectivity index (χ1) is 4.93. The first-order valence-electron chi connectivity index (χ1n) is 3.68. The van der Waals surface area contributed by atoms with Gasteiger partial charge in [0.25, 0.3) is 0 Å². The van der Waals surface area contributed by atoms with Crippen molar-refractivity contribution in [2.45, 2.75) is 12.8 Å². The van der Waals surface area contributed by atoms with Crippen molar-refractivity contribution in [2.24, 2.45) is 5.92 Å². The van der Waals surface area contributed by atoms with Crippen molar-refractivity contribution in [3.8, 4) is 6.07 Å². The smallest absolute Gasteiger partial charge is 0.0841 e. The Morgan fingerprint density at radius 1 is 1.70 bits per heavy atom. The van der Waals surface area contributed by atoms with Gasteiger partial charge in [0, 0.05) is 6.54 Å². The standard InChI is InChI=1S/C8H12N2/c9-5-6-10-7-8-3-1-2-4-8/h1,3,8,10H,2,4,6-7H2. The fourth-order valence-electron chi connectivity index (χ4n) is 1.18. The van der Waals surface area contributed by atoms with E-state index >= 15 is 0 Å². The van der Waals surface area contributed by atoms with Crippen LogP contribution in [0.5, 0.6) is 0 Å². The molecule has 1 aliphatic rings. The molecular formula is C8H12N2. The summed E-state index contributed by atoms with van der Waals surface area (Å²) in [5.74, 6) is 0.674. The summed E-state index contributed by atoms with van der Waals surface area (Å²) in [5.41, 5.74) is 0. The van der Waals surface area contributed by atoms with Crippen LogP contribution >= 0.6 is 0 Å². The number of nitrogens with one attached hydrogen (secondary N) is 1. The fourth-order valence-corrected chi connectivity index (χ4v) is 1.18. The largest absolute Gasteiger partial charge is 0.304 e. The molecule has 2 heteroatoms. The second-order valence-corrected chi connectivity index (χ2v) is 2.55. The highest BCUT2D eigenvalue weighted by molar-refractivity contribution is 4.97. The molecule has 0 aromatic carbocycles. The zero-order valence-electron chi connectivity index (χ0n) is 6.01. The van der Waals surface area contributed by atoms with Crippen LogP contribution in [0.4, 0.5) is 0 Å². The quantitative estimate of drug-likeness (QED) is 0.358. The minimum Gasteiger partial charge on any atom is -0.304 e. The highest BCUT2D eigenvalue weighted by Crippen LogP contribution is 2.15. The van der Waals surface area contributed by atoms with Crippen LogP contribution in [0.25, 0.3) is 0 Å². The van der Waals surface area contributed by atoms with Gasteiger partial charge in [0.15, 0.2) is 0 Å². The van der Waals surface area contributed by atoms with Gasteiger partial charge in [-0.05, 0) is 18.8 Å². The van der Waals surface area contributed by atoms with Crippen molar-refractivity contribution >= 4 is 0 Å². The van der Waals surface area contributed by atoms with Crippen molar-refractivity contribution in [2.75, 3.05) is 13.1 Å². The third-order valence-electron chi connectivity index (χ3n) is 1.72. The van der Waals surface area contributed by atoms with Gasteiger partial charge in [0.2, 0.25) is 0 Å². The topological polar surface area (TPSA) is 35.8 Å².